The molecular weight excluding hydrogens is 194 g/mol. The molecule has 0 aliphatic carbocycles. The monoisotopic (exact) mass is 205 g/mol. The number of hydrogen-bond acceptors (Lipinski definition) is 2. The molecule has 5 heteroatoms. The van der Waals surface area contributed by atoms with Gasteiger partial charge in [-0.2, -0.15) is 5.10 Å². The van der Waals surface area contributed by atoms with Crippen LogP contribution < -0.4 is 0 Å². The number of H-pyrrole nitrogens is 1. The van der Waals surface area contributed by atoms with E-state index in [9.17, 15) is 4.79 Å². The molecule has 2 aromatic rings. The van der Waals surface area contributed by atoms with Crippen LogP contribution in [0.1, 0.15) is 17.3 Å². The van der Waals surface area contributed by atoms with Gasteiger partial charge in [-0.25, -0.2) is 4.79 Å². The fraction of sp³-hybridized carbons (Fsp3) is 0.200. The van der Waals surface area contributed by atoms with Crippen LogP contribution in [-0.4, -0.2) is 25.8 Å². The molecule has 0 aliphatic rings. The molecule has 2 N–H and O–H groups in total. The molecule has 0 fully saturated rings. The van der Waals surface area contributed by atoms with Gasteiger partial charge in [-0.15, -0.1) is 0 Å². The SMILES string of the molecule is CCn1cc(C(=O)O)c(-c2cc[nH]c2)n1. The predicted molar refractivity (Wildman–Crippen MR) is 54.6 cm³/mol. The van der Waals surface area contributed by atoms with Gasteiger partial charge in [-0.1, -0.05) is 0 Å². The largest absolute Gasteiger partial charge is 0.478 e. The number of rotatable bonds is 3. The van der Waals surface area contributed by atoms with Crippen LogP contribution >= 0.6 is 0 Å². The summed E-state index contributed by atoms with van der Waals surface area (Å²) in [5.74, 6) is -0.953. The van der Waals surface area contributed by atoms with Crippen LogP contribution in [0, 0.1) is 0 Å². The maximum Gasteiger partial charge on any atom is 0.339 e. The number of carboxylic acid groups (broad SMARTS) is 1. The normalized spacial score (nSPS) is 10.5. The third-order valence-corrected chi connectivity index (χ3v) is 2.19. The van der Waals surface area contributed by atoms with Crippen molar-refractivity contribution in [2.24, 2.45) is 0 Å². The van der Waals surface area contributed by atoms with Crippen molar-refractivity contribution in [1.82, 2.24) is 14.8 Å². The van der Waals surface area contributed by atoms with Crippen LogP contribution in [0.25, 0.3) is 11.3 Å². The molecule has 0 spiro atoms. The van der Waals surface area contributed by atoms with E-state index < -0.39 is 5.97 Å². The first-order valence-corrected chi connectivity index (χ1v) is 4.66. The van der Waals surface area contributed by atoms with Crippen molar-refractivity contribution >= 4 is 5.97 Å². The van der Waals surface area contributed by atoms with Crippen molar-refractivity contribution in [2.75, 3.05) is 0 Å². The van der Waals surface area contributed by atoms with E-state index in [1.807, 2.05) is 6.92 Å². The number of aromatic carboxylic acids is 1. The molecule has 0 atom stereocenters. The number of hydrogen-bond donors (Lipinski definition) is 2. The fourth-order valence-corrected chi connectivity index (χ4v) is 1.42. The Labute approximate surface area is 86.4 Å². The third-order valence-electron chi connectivity index (χ3n) is 2.19. The number of carboxylic acids is 1. The number of carbonyl (C=O) groups is 1. The van der Waals surface area contributed by atoms with Crippen molar-refractivity contribution in [1.29, 1.82) is 0 Å². The minimum atomic E-state index is -0.953. The number of nitrogens with one attached hydrogen (secondary N) is 1. The summed E-state index contributed by atoms with van der Waals surface area (Å²) in [4.78, 5) is 13.9. The molecule has 2 heterocycles. The zero-order valence-corrected chi connectivity index (χ0v) is 8.27. The van der Waals surface area contributed by atoms with Gasteiger partial charge < -0.3 is 10.1 Å². The van der Waals surface area contributed by atoms with Crippen molar-refractivity contribution in [3.63, 3.8) is 0 Å². The molecule has 0 aromatic carbocycles. The highest BCUT2D eigenvalue weighted by Crippen LogP contribution is 2.21. The highest BCUT2D eigenvalue weighted by atomic mass is 16.4. The minimum Gasteiger partial charge on any atom is -0.478 e. The van der Waals surface area contributed by atoms with Gasteiger partial charge in [0.2, 0.25) is 0 Å². The lowest BCUT2D eigenvalue weighted by Crippen LogP contribution is -1.96. The first-order chi connectivity index (χ1) is 7.22. The summed E-state index contributed by atoms with van der Waals surface area (Å²) >= 11 is 0. The average Bonchev–Trinajstić information content (AvgIpc) is 2.86. The van der Waals surface area contributed by atoms with Crippen LogP contribution in [0.15, 0.2) is 24.7 Å². The average molecular weight is 205 g/mol. The Hall–Kier alpha value is -2.04. The summed E-state index contributed by atoms with van der Waals surface area (Å²) < 4.78 is 1.62. The van der Waals surface area contributed by atoms with Gasteiger partial charge in [0.15, 0.2) is 0 Å². The molecular formula is C10H11N3O2. The van der Waals surface area contributed by atoms with E-state index in [4.69, 9.17) is 5.11 Å². The van der Waals surface area contributed by atoms with Gasteiger partial charge in [0, 0.05) is 30.7 Å². The van der Waals surface area contributed by atoms with Crippen LogP contribution in [0.2, 0.25) is 0 Å². The lowest BCUT2D eigenvalue weighted by molar-refractivity contribution is 0.0697. The zero-order chi connectivity index (χ0) is 10.8. The Morgan fingerprint density at radius 1 is 1.67 bits per heavy atom. The zero-order valence-electron chi connectivity index (χ0n) is 8.27. The Kier molecular flexibility index (Phi) is 2.29. The quantitative estimate of drug-likeness (QED) is 0.799. The third kappa shape index (κ3) is 1.63. The number of aryl methyl sites for hydroxylation is 1. The van der Waals surface area contributed by atoms with Crippen LogP contribution in [0.4, 0.5) is 0 Å². The number of aromatic nitrogens is 3. The summed E-state index contributed by atoms with van der Waals surface area (Å²) in [6, 6.07) is 1.80. The Morgan fingerprint density at radius 2 is 2.47 bits per heavy atom. The second kappa shape index (κ2) is 3.61. The van der Waals surface area contributed by atoms with Gasteiger partial charge in [0.05, 0.1) is 0 Å². The topological polar surface area (TPSA) is 70.9 Å². The second-order valence-corrected chi connectivity index (χ2v) is 3.15. The van der Waals surface area contributed by atoms with Gasteiger partial charge in [0.25, 0.3) is 0 Å². The summed E-state index contributed by atoms with van der Waals surface area (Å²) in [7, 11) is 0. The van der Waals surface area contributed by atoms with E-state index >= 15 is 0 Å². The van der Waals surface area contributed by atoms with Crippen LogP contribution in [0.5, 0.6) is 0 Å². The van der Waals surface area contributed by atoms with E-state index in [0.29, 0.717) is 12.2 Å². The van der Waals surface area contributed by atoms with E-state index in [0.717, 1.165) is 5.56 Å². The van der Waals surface area contributed by atoms with Gasteiger partial charge in [-0.3, -0.25) is 4.68 Å². The van der Waals surface area contributed by atoms with Gasteiger partial charge in [0.1, 0.15) is 11.3 Å². The summed E-state index contributed by atoms with van der Waals surface area (Å²) in [6.07, 6.45) is 5.02. The standard InChI is InChI=1S/C10H11N3O2/c1-2-13-6-8(10(14)15)9(12-13)7-3-4-11-5-7/h3-6,11H,2H2,1H3,(H,14,15). The van der Waals surface area contributed by atoms with Crippen molar-refractivity contribution in [2.45, 2.75) is 13.5 Å². The molecule has 0 saturated carbocycles. The minimum absolute atomic E-state index is 0.233. The van der Waals surface area contributed by atoms with Crippen LogP contribution in [-0.2, 0) is 6.54 Å². The van der Waals surface area contributed by atoms with E-state index in [-0.39, 0.29) is 5.56 Å². The smallest absolute Gasteiger partial charge is 0.339 e. The molecule has 2 aromatic heterocycles. The van der Waals surface area contributed by atoms with E-state index in [1.54, 1.807) is 29.3 Å². The lowest BCUT2D eigenvalue weighted by atomic mass is 10.1. The fourth-order valence-electron chi connectivity index (χ4n) is 1.42. The summed E-state index contributed by atoms with van der Waals surface area (Å²) in [5.41, 5.74) is 1.53. The van der Waals surface area contributed by atoms with Crippen molar-refractivity contribution in [3.05, 3.63) is 30.2 Å². The molecule has 5 nitrogen and oxygen atoms in total. The lowest BCUT2D eigenvalue weighted by Gasteiger charge is -1.93. The first-order valence-electron chi connectivity index (χ1n) is 4.66. The van der Waals surface area contributed by atoms with Gasteiger partial charge >= 0.3 is 5.97 Å². The predicted octanol–water partition coefficient (Wildman–Crippen LogP) is 1.60. The molecule has 78 valence electrons. The summed E-state index contributed by atoms with van der Waals surface area (Å²) in [5, 5.41) is 13.2. The first kappa shape index (κ1) is 9.51. The molecule has 0 amide bonds. The van der Waals surface area contributed by atoms with Crippen molar-refractivity contribution in [3.8, 4) is 11.3 Å². The Bertz CT molecular complexity index is 471. The van der Waals surface area contributed by atoms with E-state index in [1.165, 1.54) is 0 Å². The highest BCUT2D eigenvalue weighted by molar-refractivity contribution is 5.94. The molecule has 0 bridgehead atoms. The van der Waals surface area contributed by atoms with Crippen LogP contribution in [0.3, 0.4) is 0 Å². The van der Waals surface area contributed by atoms with Gasteiger partial charge in [-0.05, 0) is 13.0 Å². The maximum absolute atomic E-state index is 11.0. The van der Waals surface area contributed by atoms with Crippen molar-refractivity contribution < 1.29 is 9.90 Å². The molecule has 2 rings (SSSR count). The molecule has 0 radical (unpaired) electrons. The highest BCUT2D eigenvalue weighted by Gasteiger charge is 2.16. The molecule has 15 heavy (non-hydrogen) atoms. The maximum atomic E-state index is 11.0. The molecule has 0 unspecified atom stereocenters. The number of nitrogens with zero attached hydrogens (tertiary/aromatic N) is 2. The molecule has 0 saturated heterocycles. The summed E-state index contributed by atoms with van der Waals surface area (Å²) in [6.45, 7) is 2.57. The number of aromatic amines is 1. The molecule has 0 aliphatic heterocycles. The Morgan fingerprint density at radius 3 is 3.00 bits per heavy atom. The Balaban J connectivity index is 2.54. The van der Waals surface area contributed by atoms with E-state index in [2.05, 4.69) is 10.1 Å². The second-order valence-electron chi connectivity index (χ2n) is 3.15.